The summed E-state index contributed by atoms with van der Waals surface area (Å²) in [6.45, 7) is 1.83. The van der Waals surface area contributed by atoms with E-state index in [4.69, 9.17) is 17.3 Å². The molecule has 1 heterocycles. The monoisotopic (exact) mass is 315 g/mol. The highest BCUT2D eigenvalue weighted by Gasteiger charge is 2.18. The van der Waals surface area contributed by atoms with Gasteiger partial charge in [-0.15, -0.1) is 0 Å². The van der Waals surface area contributed by atoms with Gasteiger partial charge in [-0.25, -0.2) is 18.1 Å². The number of nitrogen functional groups attached to an aromatic ring is 1. The molecule has 0 atom stereocenters. The Morgan fingerprint density at radius 1 is 1.45 bits per heavy atom. The van der Waals surface area contributed by atoms with Gasteiger partial charge in [-0.2, -0.15) is 5.10 Å². The summed E-state index contributed by atoms with van der Waals surface area (Å²) in [6, 6.07) is 2.90. The number of rotatable bonds is 5. The molecule has 1 aromatic carbocycles. The summed E-state index contributed by atoms with van der Waals surface area (Å²) < 4.78 is 26.9. The third kappa shape index (κ3) is 3.27. The van der Waals surface area contributed by atoms with Crippen LogP contribution in [0.25, 0.3) is 0 Å². The van der Waals surface area contributed by atoms with Gasteiger partial charge in [-0.1, -0.05) is 11.6 Å². The molecular weight excluding hydrogens is 302 g/mol. The van der Waals surface area contributed by atoms with E-state index in [9.17, 15) is 8.42 Å². The third-order valence-electron chi connectivity index (χ3n) is 2.77. The van der Waals surface area contributed by atoms with Gasteiger partial charge in [-0.05, 0) is 24.6 Å². The fourth-order valence-corrected chi connectivity index (χ4v) is 3.31. The average molecular weight is 316 g/mol. The number of hydrogen-bond donors (Lipinski definition) is 3. The minimum absolute atomic E-state index is 0.0834. The molecular formula is C11H14ClN5O2S. The van der Waals surface area contributed by atoms with Crippen LogP contribution in [0.3, 0.4) is 0 Å². The Hall–Kier alpha value is -1.64. The number of benzene rings is 1. The van der Waals surface area contributed by atoms with Crippen LogP contribution in [0.4, 0.5) is 5.69 Å². The largest absolute Gasteiger partial charge is 0.398 e. The van der Waals surface area contributed by atoms with Crippen molar-refractivity contribution < 1.29 is 8.42 Å². The lowest BCUT2D eigenvalue weighted by molar-refractivity contribution is 0.580. The van der Waals surface area contributed by atoms with Crippen molar-refractivity contribution in [2.45, 2.75) is 18.2 Å². The van der Waals surface area contributed by atoms with Crippen molar-refractivity contribution in [3.8, 4) is 0 Å². The fraction of sp³-hybridized carbons (Fsp3) is 0.273. The van der Waals surface area contributed by atoms with Crippen molar-refractivity contribution in [2.24, 2.45) is 0 Å². The molecule has 0 aliphatic heterocycles. The summed E-state index contributed by atoms with van der Waals surface area (Å²) in [7, 11) is -3.67. The first-order valence-electron chi connectivity index (χ1n) is 5.79. The third-order valence-corrected chi connectivity index (χ3v) is 4.58. The van der Waals surface area contributed by atoms with E-state index < -0.39 is 10.0 Å². The van der Waals surface area contributed by atoms with E-state index in [0.717, 1.165) is 0 Å². The number of nitrogens with two attached hydrogens (primary N) is 1. The van der Waals surface area contributed by atoms with E-state index in [1.54, 1.807) is 6.92 Å². The van der Waals surface area contributed by atoms with Crippen LogP contribution in [0.1, 0.15) is 11.4 Å². The summed E-state index contributed by atoms with van der Waals surface area (Å²) in [5, 5.41) is 6.62. The smallest absolute Gasteiger partial charge is 0.240 e. The SMILES string of the molecule is Cc1c(N)cc(Cl)cc1S(=O)(=O)NCCc1ncn[nH]1. The molecule has 0 saturated carbocycles. The molecule has 4 N–H and O–H groups in total. The molecule has 2 aromatic rings. The van der Waals surface area contributed by atoms with Crippen molar-refractivity contribution in [3.05, 3.63) is 34.9 Å². The van der Waals surface area contributed by atoms with E-state index >= 15 is 0 Å². The van der Waals surface area contributed by atoms with Crippen molar-refractivity contribution in [1.82, 2.24) is 19.9 Å². The summed E-state index contributed by atoms with van der Waals surface area (Å²) in [5.41, 5.74) is 6.54. The van der Waals surface area contributed by atoms with Gasteiger partial charge in [0.2, 0.25) is 10.0 Å². The summed E-state index contributed by atoms with van der Waals surface area (Å²) in [4.78, 5) is 4.00. The second-order valence-corrected chi connectivity index (χ2v) is 6.37. The number of aromatic nitrogens is 3. The Bertz CT molecular complexity index is 700. The lowest BCUT2D eigenvalue weighted by Crippen LogP contribution is -2.27. The van der Waals surface area contributed by atoms with Crippen LogP contribution >= 0.6 is 11.6 Å². The zero-order chi connectivity index (χ0) is 14.8. The number of nitrogens with one attached hydrogen (secondary N) is 2. The Morgan fingerprint density at radius 2 is 2.20 bits per heavy atom. The standard InChI is InChI=1S/C11H14ClN5O2S/c1-7-9(13)4-8(12)5-10(7)20(18,19)16-3-2-11-14-6-15-17-11/h4-6,16H,2-3,13H2,1H3,(H,14,15,17). The first kappa shape index (κ1) is 14.8. The topological polar surface area (TPSA) is 114 Å². The number of aromatic amines is 1. The van der Waals surface area contributed by atoms with Crippen LogP contribution in [0.5, 0.6) is 0 Å². The van der Waals surface area contributed by atoms with Crippen LogP contribution in [0.2, 0.25) is 5.02 Å². The number of sulfonamides is 1. The molecule has 0 aliphatic rings. The molecule has 0 fully saturated rings. The zero-order valence-corrected chi connectivity index (χ0v) is 12.3. The van der Waals surface area contributed by atoms with Crippen molar-refractivity contribution in [3.63, 3.8) is 0 Å². The van der Waals surface area contributed by atoms with E-state index in [2.05, 4.69) is 19.9 Å². The molecule has 0 amide bonds. The van der Waals surface area contributed by atoms with E-state index in [1.807, 2.05) is 0 Å². The predicted molar refractivity (Wildman–Crippen MR) is 75.9 cm³/mol. The van der Waals surface area contributed by atoms with Crippen molar-refractivity contribution >= 4 is 27.3 Å². The molecule has 0 saturated heterocycles. The minimum Gasteiger partial charge on any atom is -0.398 e. The summed E-state index contributed by atoms with van der Waals surface area (Å²) >= 11 is 5.85. The molecule has 0 aliphatic carbocycles. The minimum atomic E-state index is -3.67. The Kier molecular flexibility index (Phi) is 4.26. The van der Waals surface area contributed by atoms with Gasteiger partial charge in [0, 0.05) is 23.7 Å². The summed E-state index contributed by atoms with van der Waals surface area (Å²) in [5.74, 6) is 0.607. The number of nitrogens with zero attached hydrogens (tertiary/aromatic N) is 2. The van der Waals surface area contributed by atoms with Crippen molar-refractivity contribution in [2.75, 3.05) is 12.3 Å². The van der Waals surface area contributed by atoms with Crippen LogP contribution in [0, 0.1) is 6.92 Å². The van der Waals surface area contributed by atoms with Gasteiger partial charge in [0.15, 0.2) is 0 Å². The quantitative estimate of drug-likeness (QED) is 0.708. The van der Waals surface area contributed by atoms with Crippen LogP contribution < -0.4 is 10.5 Å². The maximum atomic E-state index is 12.2. The number of hydrogen-bond acceptors (Lipinski definition) is 5. The molecule has 0 radical (unpaired) electrons. The number of anilines is 1. The van der Waals surface area contributed by atoms with Gasteiger partial charge >= 0.3 is 0 Å². The zero-order valence-electron chi connectivity index (χ0n) is 10.7. The highest BCUT2D eigenvalue weighted by Crippen LogP contribution is 2.25. The van der Waals surface area contributed by atoms with Crippen LogP contribution in [-0.4, -0.2) is 30.1 Å². The molecule has 2 rings (SSSR count). The maximum absolute atomic E-state index is 12.2. The van der Waals surface area contributed by atoms with Gasteiger partial charge in [0.05, 0.1) is 4.90 Å². The first-order chi connectivity index (χ1) is 9.40. The molecule has 0 bridgehead atoms. The molecule has 108 valence electrons. The Balaban J connectivity index is 2.14. The second-order valence-electron chi connectivity index (χ2n) is 4.20. The average Bonchev–Trinajstić information content (AvgIpc) is 2.86. The lowest BCUT2D eigenvalue weighted by atomic mass is 10.2. The maximum Gasteiger partial charge on any atom is 0.240 e. The Morgan fingerprint density at radius 3 is 2.85 bits per heavy atom. The predicted octanol–water partition coefficient (Wildman–Crippen LogP) is 0.870. The lowest BCUT2D eigenvalue weighted by Gasteiger charge is -2.11. The molecule has 0 unspecified atom stereocenters. The highest BCUT2D eigenvalue weighted by atomic mass is 35.5. The molecule has 20 heavy (non-hydrogen) atoms. The van der Waals surface area contributed by atoms with Gasteiger partial charge < -0.3 is 5.73 Å². The second kappa shape index (κ2) is 5.78. The normalized spacial score (nSPS) is 11.7. The molecule has 9 heteroatoms. The van der Waals surface area contributed by atoms with Crippen LogP contribution in [-0.2, 0) is 16.4 Å². The molecule has 7 nitrogen and oxygen atoms in total. The van der Waals surface area contributed by atoms with Crippen molar-refractivity contribution in [1.29, 1.82) is 0 Å². The van der Waals surface area contributed by atoms with Gasteiger partial charge in [0.25, 0.3) is 0 Å². The number of H-pyrrole nitrogens is 1. The first-order valence-corrected chi connectivity index (χ1v) is 7.66. The van der Waals surface area contributed by atoms with Crippen LogP contribution in [0.15, 0.2) is 23.4 Å². The molecule has 0 spiro atoms. The summed E-state index contributed by atoms with van der Waals surface area (Å²) in [6.07, 6.45) is 1.78. The van der Waals surface area contributed by atoms with E-state index in [0.29, 0.717) is 23.5 Å². The number of halogens is 1. The van der Waals surface area contributed by atoms with E-state index in [1.165, 1.54) is 18.5 Å². The highest BCUT2D eigenvalue weighted by molar-refractivity contribution is 7.89. The van der Waals surface area contributed by atoms with E-state index in [-0.39, 0.29) is 16.5 Å². The van der Waals surface area contributed by atoms with Gasteiger partial charge in [0.1, 0.15) is 12.2 Å². The molecule has 1 aromatic heterocycles. The Labute approximate surface area is 121 Å². The van der Waals surface area contributed by atoms with Gasteiger partial charge in [-0.3, -0.25) is 5.10 Å². The fourth-order valence-electron chi connectivity index (χ4n) is 1.69.